The SMILES string of the molecule is Oc1ccc(-c2ccccc2)cc1N=Nc1ccc(I)cc1. The Bertz CT molecular complexity index is 799. The van der Waals surface area contributed by atoms with E-state index in [1.165, 1.54) is 0 Å². The summed E-state index contributed by atoms with van der Waals surface area (Å²) in [5.41, 5.74) is 3.29. The van der Waals surface area contributed by atoms with Crippen LogP contribution in [0.3, 0.4) is 0 Å². The van der Waals surface area contributed by atoms with Gasteiger partial charge in [-0.3, -0.25) is 0 Å². The summed E-state index contributed by atoms with van der Waals surface area (Å²) in [5, 5.41) is 18.3. The average molecular weight is 400 g/mol. The van der Waals surface area contributed by atoms with Crippen LogP contribution in [-0.4, -0.2) is 5.11 Å². The Morgan fingerprint density at radius 3 is 2.18 bits per heavy atom. The van der Waals surface area contributed by atoms with E-state index in [1.54, 1.807) is 6.07 Å². The molecule has 0 radical (unpaired) electrons. The first-order valence-corrected chi connectivity index (χ1v) is 7.86. The minimum Gasteiger partial charge on any atom is -0.506 e. The Balaban J connectivity index is 1.92. The lowest BCUT2D eigenvalue weighted by Crippen LogP contribution is -1.77. The van der Waals surface area contributed by atoms with Gasteiger partial charge in [-0.15, -0.1) is 5.11 Å². The van der Waals surface area contributed by atoms with Gasteiger partial charge in [-0.25, -0.2) is 0 Å². The molecule has 0 atom stereocenters. The first-order valence-electron chi connectivity index (χ1n) is 6.78. The molecule has 3 nitrogen and oxygen atoms in total. The Labute approximate surface area is 142 Å². The van der Waals surface area contributed by atoms with Crippen LogP contribution in [0, 0.1) is 3.57 Å². The summed E-state index contributed by atoms with van der Waals surface area (Å²) in [5.74, 6) is 0.119. The van der Waals surface area contributed by atoms with E-state index in [0.29, 0.717) is 5.69 Å². The van der Waals surface area contributed by atoms with Crippen LogP contribution in [0.4, 0.5) is 11.4 Å². The van der Waals surface area contributed by atoms with Crippen molar-refractivity contribution in [3.05, 3.63) is 76.4 Å². The van der Waals surface area contributed by atoms with E-state index >= 15 is 0 Å². The molecule has 0 heterocycles. The molecule has 0 bridgehead atoms. The molecule has 0 amide bonds. The first-order chi connectivity index (χ1) is 10.7. The summed E-state index contributed by atoms with van der Waals surface area (Å²) in [6.07, 6.45) is 0. The molecule has 0 aliphatic heterocycles. The molecule has 0 unspecified atom stereocenters. The van der Waals surface area contributed by atoms with Gasteiger partial charge >= 0.3 is 0 Å². The van der Waals surface area contributed by atoms with Gasteiger partial charge in [0.25, 0.3) is 0 Å². The third-order valence-electron chi connectivity index (χ3n) is 3.18. The van der Waals surface area contributed by atoms with Crippen LogP contribution in [0.5, 0.6) is 5.75 Å². The highest BCUT2D eigenvalue weighted by atomic mass is 127. The Kier molecular flexibility index (Phi) is 4.48. The zero-order chi connectivity index (χ0) is 15.4. The molecule has 0 saturated carbocycles. The maximum atomic E-state index is 9.95. The van der Waals surface area contributed by atoms with Gasteiger partial charge in [0.1, 0.15) is 11.4 Å². The monoisotopic (exact) mass is 400 g/mol. The molecule has 0 fully saturated rings. The van der Waals surface area contributed by atoms with Crippen LogP contribution in [-0.2, 0) is 0 Å². The van der Waals surface area contributed by atoms with Gasteiger partial charge in [-0.05, 0) is 70.1 Å². The van der Waals surface area contributed by atoms with Crippen LogP contribution in [0.1, 0.15) is 0 Å². The number of rotatable bonds is 3. The van der Waals surface area contributed by atoms with E-state index in [2.05, 4.69) is 32.8 Å². The summed E-state index contributed by atoms with van der Waals surface area (Å²) in [6, 6.07) is 23.0. The number of phenolic OH excluding ortho intramolecular Hbond substituents is 1. The Morgan fingerprint density at radius 2 is 1.45 bits per heavy atom. The fraction of sp³-hybridized carbons (Fsp3) is 0. The van der Waals surface area contributed by atoms with Crippen LogP contribution in [0.2, 0.25) is 0 Å². The van der Waals surface area contributed by atoms with E-state index < -0.39 is 0 Å². The molecule has 1 N–H and O–H groups in total. The van der Waals surface area contributed by atoms with Gasteiger partial charge in [0.15, 0.2) is 0 Å². The Hall–Kier alpha value is -2.21. The van der Waals surface area contributed by atoms with Crippen molar-refractivity contribution in [3.8, 4) is 16.9 Å². The third kappa shape index (κ3) is 3.51. The summed E-state index contributed by atoms with van der Waals surface area (Å²) in [4.78, 5) is 0. The maximum absolute atomic E-state index is 9.95. The number of hydrogen-bond acceptors (Lipinski definition) is 3. The van der Waals surface area contributed by atoms with E-state index in [9.17, 15) is 5.11 Å². The molecule has 108 valence electrons. The molecule has 3 aromatic rings. The van der Waals surface area contributed by atoms with Crippen LogP contribution >= 0.6 is 22.6 Å². The zero-order valence-electron chi connectivity index (χ0n) is 11.6. The van der Waals surface area contributed by atoms with Crippen molar-refractivity contribution in [2.45, 2.75) is 0 Å². The molecule has 3 aromatic carbocycles. The normalized spacial score (nSPS) is 11.0. The number of azo groups is 1. The molecule has 0 saturated heterocycles. The lowest BCUT2D eigenvalue weighted by atomic mass is 10.1. The topological polar surface area (TPSA) is 45.0 Å². The lowest BCUT2D eigenvalue weighted by molar-refractivity contribution is 0.476. The van der Waals surface area contributed by atoms with E-state index in [4.69, 9.17) is 0 Å². The third-order valence-corrected chi connectivity index (χ3v) is 3.90. The van der Waals surface area contributed by atoms with Gasteiger partial charge in [0.2, 0.25) is 0 Å². The van der Waals surface area contributed by atoms with Crippen LogP contribution < -0.4 is 0 Å². The molecule has 0 aromatic heterocycles. The largest absolute Gasteiger partial charge is 0.506 e. The van der Waals surface area contributed by atoms with Crippen molar-refractivity contribution >= 4 is 34.0 Å². The highest BCUT2D eigenvalue weighted by molar-refractivity contribution is 14.1. The molecule has 0 spiro atoms. The molecule has 0 aliphatic carbocycles. The van der Waals surface area contributed by atoms with Crippen molar-refractivity contribution in [1.82, 2.24) is 0 Å². The number of hydrogen-bond donors (Lipinski definition) is 1. The van der Waals surface area contributed by atoms with Crippen molar-refractivity contribution < 1.29 is 5.11 Å². The van der Waals surface area contributed by atoms with Crippen LogP contribution in [0.15, 0.2) is 83.0 Å². The number of halogens is 1. The highest BCUT2D eigenvalue weighted by Crippen LogP contribution is 2.33. The number of benzene rings is 3. The van der Waals surface area contributed by atoms with Gasteiger partial charge in [-0.2, -0.15) is 5.11 Å². The quantitative estimate of drug-likeness (QED) is 0.420. The average Bonchev–Trinajstić information content (AvgIpc) is 2.56. The number of aromatic hydroxyl groups is 1. The second-order valence-corrected chi connectivity index (χ2v) is 5.99. The van der Waals surface area contributed by atoms with Crippen molar-refractivity contribution in [2.24, 2.45) is 10.2 Å². The minimum atomic E-state index is 0.119. The number of phenols is 1. The maximum Gasteiger partial charge on any atom is 0.143 e. The van der Waals surface area contributed by atoms with Gasteiger partial charge in [0.05, 0.1) is 5.69 Å². The molecular weight excluding hydrogens is 387 g/mol. The molecule has 4 heteroatoms. The summed E-state index contributed by atoms with van der Waals surface area (Å²) < 4.78 is 1.14. The highest BCUT2D eigenvalue weighted by Gasteiger charge is 2.04. The van der Waals surface area contributed by atoms with Crippen LogP contribution in [0.25, 0.3) is 11.1 Å². The lowest BCUT2D eigenvalue weighted by Gasteiger charge is -2.04. The van der Waals surface area contributed by atoms with E-state index in [1.807, 2.05) is 66.7 Å². The smallest absolute Gasteiger partial charge is 0.143 e. The van der Waals surface area contributed by atoms with Gasteiger partial charge in [-0.1, -0.05) is 36.4 Å². The van der Waals surface area contributed by atoms with Gasteiger partial charge in [0, 0.05) is 3.57 Å². The zero-order valence-corrected chi connectivity index (χ0v) is 13.8. The fourth-order valence-corrected chi connectivity index (χ4v) is 2.39. The standard InChI is InChI=1S/C18H13IN2O/c19-15-7-9-16(10-8-15)20-21-17-12-14(6-11-18(17)22)13-4-2-1-3-5-13/h1-12,22H. The van der Waals surface area contributed by atoms with Gasteiger partial charge < -0.3 is 5.11 Å². The predicted molar refractivity (Wildman–Crippen MR) is 96.9 cm³/mol. The van der Waals surface area contributed by atoms with Crippen molar-refractivity contribution in [2.75, 3.05) is 0 Å². The predicted octanol–water partition coefficient (Wildman–Crippen LogP) is 6.08. The second kappa shape index (κ2) is 6.70. The Morgan fingerprint density at radius 1 is 0.727 bits per heavy atom. The minimum absolute atomic E-state index is 0.119. The molecule has 3 rings (SSSR count). The second-order valence-electron chi connectivity index (χ2n) is 4.75. The summed E-state index contributed by atoms with van der Waals surface area (Å²) >= 11 is 2.24. The summed E-state index contributed by atoms with van der Waals surface area (Å²) in [7, 11) is 0. The number of nitrogens with zero attached hydrogens (tertiary/aromatic N) is 2. The fourth-order valence-electron chi connectivity index (χ4n) is 2.03. The van der Waals surface area contributed by atoms with E-state index in [-0.39, 0.29) is 5.75 Å². The van der Waals surface area contributed by atoms with Crippen molar-refractivity contribution in [1.29, 1.82) is 0 Å². The molecular formula is C18H13IN2O. The first kappa shape index (κ1) is 14.7. The summed E-state index contributed by atoms with van der Waals surface area (Å²) in [6.45, 7) is 0. The van der Waals surface area contributed by atoms with E-state index in [0.717, 1.165) is 20.4 Å². The molecule has 22 heavy (non-hydrogen) atoms. The molecule has 0 aliphatic rings. The van der Waals surface area contributed by atoms with Crippen molar-refractivity contribution in [3.63, 3.8) is 0 Å².